The van der Waals surface area contributed by atoms with Gasteiger partial charge >= 0.3 is 12.0 Å². The summed E-state index contributed by atoms with van der Waals surface area (Å²) in [4.78, 5) is 24.2. The van der Waals surface area contributed by atoms with Crippen LogP contribution in [0.1, 0.15) is 32.4 Å². The highest BCUT2D eigenvalue weighted by atomic mass is 19.1. The van der Waals surface area contributed by atoms with Gasteiger partial charge in [-0.15, -0.1) is 0 Å². The number of carbonyl (C=O) groups excluding carboxylic acids is 2. The summed E-state index contributed by atoms with van der Waals surface area (Å²) in [6.45, 7) is 5.71. The van der Waals surface area contributed by atoms with E-state index in [-0.39, 0.29) is 18.3 Å². The van der Waals surface area contributed by atoms with Crippen LogP contribution in [0.25, 0.3) is 0 Å². The summed E-state index contributed by atoms with van der Waals surface area (Å²) in [5, 5.41) is 5.37. The summed E-state index contributed by atoms with van der Waals surface area (Å²) in [5.41, 5.74) is 1.50. The van der Waals surface area contributed by atoms with Crippen LogP contribution in [0.15, 0.2) is 35.5 Å². The quantitative estimate of drug-likeness (QED) is 0.840. The average molecular weight is 306 g/mol. The molecule has 1 aliphatic heterocycles. The Morgan fingerprint density at radius 3 is 2.50 bits per heavy atom. The van der Waals surface area contributed by atoms with Crippen molar-refractivity contribution in [1.29, 1.82) is 0 Å². The summed E-state index contributed by atoms with van der Waals surface area (Å²) in [6, 6.07) is 4.62. The molecule has 2 rings (SSSR count). The normalized spacial score (nSPS) is 18.0. The minimum atomic E-state index is -0.661. The lowest BCUT2D eigenvalue weighted by Gasteiger charge is -2.30. The van der Waals surface area contributed by atoms with Gasteiger partial charge in [0.2, 0.25) is 0 Å². The summed E-state index contributed by atoms with van der Waals surface area (Å²) < 4.78 is 18.2. The smallest absolute Gasteiger partial charge is 0.338 e. The van der Waals surface area contributed by atoms with Gasteiger partial charge < -0.3 is 15.4 Å². The monoisotopic (exact) mass is 306 g/mol. The fraction of sp³-hybridized carbons (Fsp3) is 0.375. The van der Waals surface area contributed by atoms with Crippen LogP contribution in [0.3, 0.4) is 0 Å². The molecular formula is C16H19FN2O3. The highest BCUT2D eigenvalue weighted by Gasteiger charge is 2.34. The molecule has 0 fully saturated rings. The Morgan fingerprint density at radius 2 is 1.95 bits per heavy atom. The Labute approximate surface area is 128 Å². The number of carbonyl (C=O) groups is 2. The van der Waals surface area contributed by atoms with E-state index in [1.54, 1.807) is 19.1 Å². The molecule has 0 saturated heterocycles. The standard InChI is InChI=1S/C16H19FN2O3/c1-4-22-15(20)12-13(9(2)3)18-16(21)19-14(12)10-5-7-11(17)8-6-10/h5-9,14H,4H2,1-3H3,(H2,18,19,21). The number of hydrogen-bond acceptors (Lipinski definition) is 3. The minimum absolute atomic E-state index is 0.0617. The molecule has 0 aliphatic carbocycles. The van der Waals surface area contributed by atoms with Crippen molar-refractivity contribution in [2.45, 2.75) is 26.8 Å². The zero-order valence-electron chi connectivity index (χ0n) is 12.8. The first kappa shape index (κ1) is 16.0. The van der Waals surface area contributed by atoms with Gasteiger partial charge in [-0.05, 0) is 30.5 Å². The van der Waals surface area contributed by atoms with E-state index in [4.69, 9.17) is 4.74 Å². The van der Waals surface area contributed by atoms with Crippen LogP contribution in [0.2, 0.25) is 0 Å². The van der Waals surface area contributed by atoms with Crippen LogP contribution in [-0.4, -0.2) is 18.6 Å². The van der Waals surface area contributed by atoms with Crippen molar-refractivity contribution in [1.82, 2.24) is 10.6 Å². The second-order valence-electron chi connectivity index (χ2n) is 5.29. The van der Waals surface area contributed by atoms with Crippen molar-refractivity contribution < 1.29 is 18.7 Å². The van der Waals surface area contributed by atoms with Crippen molar-refractivity contribution in [3.8, 4) is 0 Å². The molecule has 2 N–H and O–H groups in total. The van der Waals surface area contributed by atoms with Crippen LogP contribution in [0.5, 0.6) is 0 Å². The van der Waals surface area contributed by atoms with Gasteiger partial charge in [0.05, 0.1) is 18.2 Å². The first-order chi connectivity index (χ1) is 10.4. The molecule has 118 valence electrons. The molecule has 1 aromatic carbocycles. The van der Waals surface area contributed by atoms with Gasteiger partial charge in [0.15, 0.2) is 0 Å². The van der Waals surface area contributed by atoms with E-state index in [9.17, 15) is 14.0 Å². The predicted molar refractivity (Wildman–Crippen MR) is 79.3 cm³/mol. The Kier molecular flexibility index (Phi) is 4.80. The van der Waals surface area contributed by atoms with Crippen LogP contribution in [0.4, 0.5) is 9.18 Å². The Morgan fingerprint density at radius 1 is 1.32 bits per heavy atom. The third kappa shape index (κ3) is 3.27. The Hall–Kier alpha value is -2.37. The second-order valence-corrected chi connectivity index (χ2v) is 5.29. The second kappa shape index (κ2) is 6.60. The van der Waals surface area contributed by atoms with E-state index < -0.39 is 18.0 Å². The third-order valence-electron chi connectivity index (χ3n) is 3.38. The molecule has 1 atom stereocenters. The van der Waals surface area contributed by atoms with Gasteiger partial charge in [-0.25, -0.2) is 14.0 Å². The average Bonchev–Trinajstić information content (AvgIpc) is 2.47. The molecule has 22 heavy (non-hydrogen) atoms. The van der Waals surface area contributed by atoms with Crippen molar-refractivity contribution in [3.05, 3.63) is 46.9 Å². The number of amides is 2. The van der Waals surface area contributed by atoms with Crippen LogP contribution < -0.4 is 10.6 Å². The van der Waals surface area contributed by atoms with E-state index in [0.29, 0.717) is 16.8 Å². The van der Waals surface area contributed by atoms with Crippen molar-refractivity contribution >= 4 is 12.0 Å². The van der Waals surface area contributed by atoms with E-state index >= 15 is 0 Å². The van der Waals surface area contributed by atoms with Gasteiger partial charge in [-0.3, -0.25) is 0 Å². The van der Waals surface area contributed by atoms with Crippen LogP contribution >= 0.6 is 0 Å². The van der Waals surface area contributed by atoms with Crippen molar-refractivity contribution in [2.24, 2.45) is 5.92 Å². The third-order valence-corrected chi connectivity index (χ3v) is 3.38. The highest BCUT2D eigenvalue weighted by Crippen LogP contribution is 2.30. The first-order valence-electron chi connectivity index (χ1n) is 7.18. The van der Waals surface area contributed by atoms with Gasteiger partial charge in [-0.2, -0.15) is 0 Å². The molecule has 1 unspecified atom stereocenters. The maximum atomic E-state index is 13.1. The SMILES string of the molecule is CCOC(=O)C1=C(C(C)C)NC(=O)NC1c1ccc(F)cc1. The number of rotatable bonds is 4. The molecule has 0 saturated carbocycles. The lowest BCUT2D eigenvalue weighted by molar-refractivity contribution is -0.139. The fourth-order valence-electron chi connectivity index (χ4n) is 2.38. The van der Waals surface area contributed by atoms with Crippen molar-refractivity contribution in [2.75, 3.05) is 6.61 Å². The lowest BCUT2D eigenvalue weighted by Crippen LogP contribution is -2.47. The highest BCUT2D eigenvalue weighted by molar-refractivity contribution is 5.95. The number of benzene rings is 1. The largest absolute Gasteiger partial charge is 0.463 e. The number of halogens is 1. The van der Waals surface area contributed by atoms with E-state index in [1.165, 1.54) is 12.1 Å². The van der Waals surface area contributed by atoms with Gasteiger partial charge in [-0.1, -0.05) is 26.0 Å². The molecule has 2 amide bonds. The molecule has 0 aromatic heterocycles. The maximum Gasteiger partial charge on any atom is 0.338 e. The Balaban J connectivity index is 2.52. The topological polar surface area (TPSA) is 67.4 Å². The van der Waals surface area contributed by atoms with Gasteiger partial charge in [0.25, 0.3) is 0 Å². The molecular weight excluding hydrogens is 287 g/mol. The molecule has 5 nitrogen and oxygen atoms in total. The lowest BCUT2D eigenvalue weighted by atomic mass is 9.91. The van der Waals surface area contributed by atoms with Gasteiger partial charge in [0, 0.05) is 5.70 Å². The van der Waals surface area contributed by atoms with E-state index in [1.807, 2.05) is 13.8 Å². The van der Waals surface area contributed by atoms with Gasteiger partial charge in [0.1, 0.15) is 5.82 Å². The molecule has 0 spiro atoms. The number of urea groups is 1. The molecule has 0 bridgehead atoms. The zero-order chi connectivity index (χ0) is 16.3. The number of hydrogen-bond donors (Lipinski definition) is 2. The number of esters is 1. The van der Waals surface area contributed by atoms with E-state index in [2.05, 4.69) is 10.6 Å². The molecule has 6 heteroatoms. The predicted octanol–water partition coefficient (Wildman–Crippen LogP) is 2.65. The van der Waals surface area contributed by atoms with Crippen LogP contribution in [0, 0.1) is 11.7 Å². The minimum Gasteiger partial charge on any atom is -0.463 e. The zero-order valence-corrected chi connectivity index (χ0v) is 12.8. The number of allylic oxidation sites excluding steroid dienone is 1. The summed E-state index contributed by atoms with van der Waals surface area (Å²) in [7, 11) is 0. The van der Waals surface area contributed by atoms with Crippen LogP contribution in [-0.2, 0) is 9.53 Å². The summed E-state index contributed by atoms with van der Waals surface area (Å²) >= 11 is 0. The summed E-state index contributed by atoms with van der Waals surface area (Å²) in [6.07, 6.45) is 0. The van der Waals surface area contributed by atoms with Crippen molar-refractivity contribution in [3.63, 3.8) is 0 Å². The Bertz CT molecular complexity index is 608. The molecule has 0 radical (unpaired) electrons. The molecule has 1 heterocycles. The molecule has 1 aliphatic rings. The number of ether oxygens (including phenoxy) is 1. The first-order valence-corrected chi connectivity index (χ1v) is 7.18. The number of nitrogens with one attached hydrogen (secondary N) is 2. The van der Waals surface area contributed by atoms with E-state index in [0.717, 1.165) is 0 Å². The maximum absolute atomic E-state index is 13.1. The summed E-state index contributed by atoms with van der Waals surface area (Å²) in [5.74, 6) is -0.934. The fourth-order valence-corrected chi connectivity index (χ4v) is 2.38. The molecule has 1 aromatic rings.